The third-order valence-electron chi connectivity index (χ3n) is 2.56. The molecule has 0 fully saturated rings. The van der Waals surface area contributed by atoms with Crippen LogP contribution in [0.3, 0.4) is 0 Å². The largest absolute Gasteiger partial charge is 0.481 e. The minimum atomic E-state index is -0.645. The van der Waals surface area contributed by atoms with E-state index in [9.17, 15) is 4.79 Å². The molecule has 0 aromatic rings. The molecule has 0 amide bonds. The van der Waals surface area contributed by atoms with Gasteiger partial charge in [0.25, 0.3) is 0 Å². The Bertz CT molecular complexity index is 177. The fourth-order valence-corrected chi connectivity index (χ4v) is 1.59. The number of aliphatic carboxylic acids is 1. The maximum absolute atomic E-state index is 10.9. The van der Waals surface area contributed by atoms with Gasteiger partial charge in [0.1, 0.15) is 0 Å². The van der Waals surface area contributed by atoms with Gasteiger partial charge in [0, 0.05) is 0 Å². The van der Waals surface area contributed by atoms with E-state index in [0.29, 0.717) is 5.41 Å². The van der Waals surface area contributed by atoms with E-state index in [1.54, 1.807) is 0 Å². The van der Waals surface area contributed by atoms with E-state index < -0.39 is 5.97 Å². The van der Waals surface area contributed by atoms with E-state index in [0.717, 1.165) is 19.3 Å². The summed E-state index contributed by atoms with van der Waals surface area (Å²) in [5.41, 5.74) is 0.319. The predicted octanol–water partition coefficient (Wildman–Crippen LogP) is 3.56. The van der Waals surface area contributed by atoms with Crippen molar-refractivity contribution < 1.29 is 9.90 Å². The van der Waals surface area contributed by atoms with Gasteiger partial charge in [-0.15, -0.1) is 0 Å². The average Bonchev–Trinajstić information content (AvgIpc) is 1.94. The molecule has 0 radical (unpaired) electrons. The summed E-state index contributed by atoms with van der Waals surface area (Å²) in [6.07, 6.45) is 2.92. The summed E-state index contributed by atoms with van der Waals surface area (Å²) in [6, 6.07) is 0. The lowest BCUT2D eigenvalue weighted by Crippen LogP contribution is -2.20. The highest BCUT2D eigenvalue weighted by Gasteiger charge is 2.21. The molecule has 0 heterocycles. The number of rotatable bonds is 5. The topological polar surface area (TPSA) is 37.3 Å². The molecule has 0 aromatic heterocycles. The van der Waals surface area contributed by atoms with E-state index in [1.807, 2.05) is 13.8 Å². The van der Waals surface area contributed by atoms with Crippen molar-refractivity contribution in [3.05, 3.63) is 0 Å². The first kappa shape index (κ1) is 13.5. The average molecular weight is 200 g/mol. The van der Waals surface area contributed by atoms with Crippen LogP contribution in [0.15, 0.2) is 0 Å². The Morgan fingerprint density at radius 1 is 1.29 bits per heavy atom. The second-order valence-corrected chi connectivity index (χ2v) is 5.64. The van der Waals surface area contributed by atoms with E-state index in [2.05, 4.69) is 20.8 Å². The van der Waals surface area contributed by atoms with Gasteiger partial charge in [-0.3, -0.25) is 4.79 Å². The Balaban J connectivity index is 3.90. The molecular formula is C12H24O2. The molecular weight excluding hydrogens is 176 g/mol. The molecule has 0 rings (SSSR count). The summed E-state index contributed by atoms with van der Waals surface area (Å²) in [7, 11) is 0. The van der Waals surface area contributed by atoms with Gasteiger partial charge in [-0.2, -0.15) is 0 Å². The summed E-state index contributed by atoms with van der Waals surface area (Å²) in [5, 5.41) is 8.97. The van der Waals surface area contributed by atoms with Gasteiger partial charge in [0.05, 0.1) is 5.92 Å². The minimum absolute atomic E-state index is 0.169. The Hall–Kier alpha value is -0.530. The first-order valence-electron chi connectivity index (χ1n) is 5.47. The number of hydrogen-bond acceptors (Lipinski definition) is 1. The van der Waals surface area contributed by atoms with Crippen LogP contribution in [0.25, 0.3) is 0 Å². The number of carboxylic acids is 1. The summed E-state index contributed by atoms with van der Waals surface area (Å²) in [5.74, 6) is -0.571. The van der Waals surface area contributed by atoms with Crippen molar-refractivity contribution in [2.75, 3.05) is 0 Å². The fourth-order valence-electron chi connectivity index (χ4n) is 1.59. The van der Waals surface area contributed by atoms with Crippen molar-refractivity contribution in [2.24, 2.45) is 17.3 Å². The molecule has 0 spiro atoms. The molecule has 14 heavy (non-hydrogen) atoms. The number of carboxylic acid groups (broad SMARTS) is 1. The van der Waals surface area contributed by atoms with Crippen LogP contribution in [0.5, 0.6) is 0 Å². The van der Waals surface area contributed by atoms with Crippen LogP contribution in [0.1, 0.15) is 53.9 Å². The second kappa shape index (κ2) is 5.38. The van der Waals surface area contributed by atoms with Crippen molar-refractivity contribution in [2.45, 2.75) is 53.9 Å². The minimum Gasteiger partial charge on any atom is -0.481 e. The third-order valence-corrected chi connectivity index (χ3v) is 2.56. The number of carbonyl (C=O) groups is 1. The highest BCUT2D eigenvalue weighted by molar-refractivity contribution is 5.70. The highest BCUT2D eigenvalue weighted by Crippen LogP contribution is 2.25. The SMILES string of the molecule is CC(C)[C@@H](CCCC(C)(C)C)C(=O)O. The zero-order chi connectivity index (χ0) is 11.4. The normalized spacial score (nSPS) is 14.4. The van der Waals surface area contributed by atoms with Crippen LogP contribution >= 0.6 is 0 Å². The van der Waals surface area contributed by atoms with Crippen LogP contribution in [0.2, 0.25) is 0 Å². The van der Waals surface area contributed by atoms with E-state index in [-0.39, 0.29) is 11.8 Å². The van der Waals surface area contributed by atoms with Crippen molar-refractivity contribution in [3.8, 4) is 0 Å². The summed E-state index contributed by atoms with van der Waals surface area (Å²) in [4.78, 5) is 10.9. The maximum atomic E-state index is 10.9. The zero-order valence-electron chi connectivity index (χ0n) is 10.1. The Morgan fingerprint density at radius 2 is 1.79 bits per heavy atom. The van der Waals surface area contributed by atoms with Crippen molar-refractivity contribution in [1.29, 1.82) is 0 Å². The molecule has 0 saturated heterocycles. The molecule has 2 heteroatoms. The lowest BCUT2D eigenvalue weighted by Gasteiger charge is -2.21. The Morgan fingerprint density at radius 3 is 2.07 bits per heavy atom. The standard InChI is InChI=1S/C12H24O2/c1-9(2)10(11(13)14)7-6-8-12(3,4)5/h9-10H,6-8H2,1-5H3,(H,13,14)/t10-/m1/s1. The van der Waals surface area contributed by atoms with Gasteiger partial charge in [-0.25, -0.2) is 0 Å². The van der Waals surface area contributed by atoms with Gasteiger partial charge in [-0.1, -0.05) is 41.0 Å². The van der Waals surface area contributed by atoms with Gasteiger partial charge in [0.2, 0.25) is 0 Å². The smallest absolute Gasteiger partial charge is 0.306 e. The predicted molar refractivity (Wildman–Crippen MR) is 59.3 cm³/mol. The molecule has 0 aromatic carbocycles. The summed E-state index contributed by atoms with van der Waals surface area (Å²) >= 11 is 0. The van der Waals surface area contributed by atoms with Crippen LogP contribution in [-0.2, 0) is 4.79 Å². The van der Waals surface area contributed by atoms with E-state index in [4.69, 9.17) is 5.11 Å². The molecule has 0 aliphatic rings. The molecule has 1 N–H and O–H groups in total. The van der Waals surface area contributed by atoms with E-state index >= 15 is 0 Å². The third kappa shape index (κ3) is 6.01. The fraction of sp³-hybridized carbons (Fsp3) is 0.917. The molecule has 0 aliphatic carbocycles. The second-order valence-electron chi connectivity index (χ2n) is 5.64. The molecule has 84 valence electrons. The molecule has 2 nitrogen and oxygen atoms in total. The quantitative estimate of drug-likeness (QED) is 0.736. The van der Waals surface area contributed by atoms with Gasteiger partial charge >= 0.3 is 5.97 Å². The van der Waals surface area contributed by atoms with Crippen molar-refractivity contribution in [1.82, 2.24) is 0 Å². The van der Waals surface area contributed by atoms with Crippen LogP contribution in [0.4, 0.5) is 0 Å². The number of hydrogen-bond donors (Lipinski definition) is 1. The van der Waals surface area contributed by atoms with Gasteiger partial charge in [-0.05, 0) is 24.2 Å². The van der Waals surface area contributed by atoms with Gasteiger partial charge in [0.15, 0.2) is 0 Å². The lowest BCUT2D eigenvalue weighted by atomic mass is 9.85. The lowest BCUT2D eigenvalue weighted by molar-refractivity contribution is -0.143. The van der Waals surface area contributed by atoms with Crippen molar-refractivity contribution >= 4 is 5.97 Å². The van der Waals surface area contributed by atoms with Crippen LogP contribution in [-0.4, -0.2) is 11.1 Å². The Labute approximate surface area is 87.7 Å². The molecule has 1 atom stereocenters. The van der Waals surface area contributed by atoms with Gasteiger partial charge < -0.3 is 5.11 Å². The molecule has 0 unspecified atom stereocenters. The molecule has 0 bridgehead atoms. The summed E-state index contributed by atoms with van der Waals surface area (Å²) in [6.45, 7) is 10.5. The monoisotopic (exact) mass is 200 g/mol. The van der Waals surface area contributed by atoms with Crippen LogP contribution in [0, 0.1) is 17.3 Å². The molecule has 0 aliphatic heterocycles. The first-order valence-corrected chi connectivity index (χ1v) is 5.47. The molecule has 0 saturated carbocycles. The summed E-state index contributed by atoms with van der Waals surface area (Å²) < 4.78 is 0. The first-order chi connectivity index (χ1) is 6.24. The van der Waals surface area contributed by atoms with Crippen LogP contribution < -0.4 is 0 Å². The Kier molecular flexibility index (Phi) is 5.17. The van der Waals surface area contributed by atoms with Crippen molar-refractivity contribution in [3.63, 3.8) is 0 Å². The van der Waals surface area contributed by atoms with E-state index in [1.165, 1.54) is 0 Å². The highest BCUT2D eigenvalue weighted by atomic mass is 16.4. The zero-order valence-corrected chi connectivity index (χ0v) is 10.1. The maximum Gasteiger partial charge on any atom is 0.306 e.